The van der Waals surface area contributed by atoms with Crippen LogP contribution in [0.4, 0.5) is 0 Å². The third kappa shape index (κ3) is 5.33. The van der Waals surface area contributed by atoms with Crippen LogP contribution in [0.5, 0.6) is 0 Å². The summed E-state index contributed by atoms with van der Waals surface area (Å²) in [4.78, 5) is 0. The van der Waals surface area contributed by atoms with E-state index < -0.39 is 0 Å². The van der Waals surface area contributed by atoms with Gasteiger partial charge in [0.1, 0.15) is 0 Å². The highest BCUT2D eigenvalue weighted by molar-refractivity contribution is 6.29. The first kappa shape index (κ1) is 32.0. The molecule has 2 heteroatoms. The Bertz CT molecular complexity index is 2940. The van der Waals surface area contributed by atoms with Gasteiger partial charge in [-0.05, 0) is 88.7 Å². The second-order valence-electron chi connectivity index (χ2n) is 14.4. The summed E-state index contributed by atoms with van der Waals surface area (Å²) >= 11 is 0. The van der Waals surface area contributed by atoms with E-state index in [0.29, 0.717) is 0 Å². The van der Waals surface area contributed by atoms with E-state index in [2.05, 4.69) is 204 Å². The monoisotopic (exact) mass is 692 g/mol. The van der Waals surface area contributed by atoms with Gasteiger partial charge in [0.25, 0.3) is 0 Å². The molecular weight excluding hydrogens is 653 g/mol. The van der Waals surface area contributed by atoms with Crippen LogP contribution in [-0.2, 0) is 6.42 Å². The number of rotatable bonds is 8. The zero-order chi connectivity index (χ0) is 36.0. The molecule has 0 radical (unpaired) electrons. The summed E-state index contributed by atoms with van der Waals surface area (Å²) < 4.78 is 4.91. The van der Waals surface area contributed by atoms with Gasteiger partial charge in [0.15, 0.2) is 0 Å². The van der Waals surface area contributed by atoms with Gasteiger partial charge in [-0.25, -0.2) is 0 Å². The predicted molar refractivity (Wildman–Crippen MR) is 230 cm³/mol. The lowest BCUT2D eigenvalue weighted by Gasteiger charge is -2.14. The van der Waals surface area contributed by atoms with Gasteiger partial charge in [-0.3, -0.25) is 0 Å². The number of aryl methyl sites for hydroxylation is 1. The number of fused-ring (bicyclic) bond motifs is 7. The van der Waals surface area contributed by atoms with E-state index in [9.17, 15) is 0 Å². The second kappa shape index (κ2) is 13.4. The molecule has 0 fully saturated rings. The fraction of sp³-hybridized carbons (Fsp3) is 0.0769. The maximum absolute atomic E-state index is 2.46. The van der Waals surface area contributed by atoms with Gasteiger partial charge in [0.05, 0.1) is 27.8 Å². The maximum atomic E-state index is 2.46. The van der Waals surface area contributed by atoms with E-state index in [1.54, 1.807) is 0 Å². The molecule has 2 aromatic heterocycles. The number of nitrogens with zero attached hydrogens (tertiary/aromatic N) is 2. The van der Waals surface area contributed by atoms with Crippen LogP contribution in [-0.4, -0.2) is 9.13 Å². The molecule has 8 aromatic carbocycles. The van der Waals surface area contributed by atoms with Crippen molar-refractivity contribution >= 4 is 43.6 Å². The molecule has 0 bridgehead atoms. The quantitative estimate of drug-likeness (QED) is 0.150. The van der Waals surface area contributed by atoms with Gasteiger partial charge >= 0.3 is 0 Å². The molecule has 0 saturated carbocycles. The molecule has 0 unspecified atom stereocenters. The molecule has 0 atom stereocenters. The van der Waals surface area contributed by atoms with E-state index in [1.165, 1.54) is 101 Å². The Labute approximate surface area is 316 Å². The van der Waals surface area contributed by atoms with Crippen LogP contribution in [0.15, 0.2) is 188 Å². The van der Waals surface area contributed by atoms with Crippen molar-refractivity contribution < 1.29 is 0 Å². The molecule has 0 amide bonds. The van der Waals surface area contributed by atoms with Gasteiger partial charge in [-0.2, -0.15) is 0 Å². The molecule has 0 aliphatic carbocycles. The Morgan fingerprint density at radius 1 is 0.389 bits per heavy atom. The molecule has 2 heterocycles. The molecule has 54 heavy (non-hydrogen) atoms. The van der Waals surface area contributed by atoms with Gasteiger partial charge in [-0.15, -0.1) is 0 Å². The van der Waals surface area contributed by atoms with Crippen LogP contribution in [0.2, 0.25) is 0 Å². The van der Waals surface area contributed by atoms with Crippen LogP contribution >= 0.6 is 0 Å². The van der Waals surface area contributed by atoms with E-state index >= 15 is 0 Å². The molecule has 0 N–H and O–H groups in total. The Morgan fingerprint density at radius 3 is 1.61 bits per heavy atom. The normalized spacial score (nSPS) is 11.6. The summed E-state index contributed by atoms with van der Waals surface area (Å²) in [6.45, 7) is 2.25. The van der Waals surface area contributed by atoms with Gasteiger partial charge in [0.2, 0.25) is 0 Å². The lowest BCUT2D eigenvalue weighted by molar-refractivity contribution is 0.795. The Hall–Kier alpha value is -6.64. The van der Waals surface area contributed by atoms with Crippen molar-refractivity contribution in [2.75, 3.05) is 0 Å². The molecule has 0 saturated heterocycles. The third-order valence-corrected chi connectivity index (χ3v) is 11.1. The minimum absolute atomic E-state index is 1.15. The standard InChI is InChI=1S/C52H40N2/c1-2-3-14-36-25-27-37(28-26-36)38-29-31-39(32-30-38)41-17-13-18-42(35-41)53-47-23-11-8-20-44(47)51-49(53)33-34-50-52(51)45-21-9-12-24-48(45)54(50)46-22-10-7-19-43(46)40-15-5-4-6-16-40/h4-13,15-35H,2-3,14H2,1H3. The van der Waals surface area contributed by atoms with E-state index in [4.69, 9.17) is 0 Å². The molecule has 0 aliphatic heterocycles. The van der Waals surface area contributed by atoms with Crippen molar-refractivity contribution in [3.8, 4) is 44.8 Å². The van der Waals surface area contributed by atoms with Crippen molar-refractivity contribution in [1.29, 1.82) is 0 Å². The zero-order valence-corrected chi connectivity index (χ0v) is 30.4. The highest BCUT2D eigenvalue weighted by atomic mass is 15.0. The second-order valence-corrected chi connectivity index (χ2v) is 14.4. The van der Waals surface area contributed by atoms with Crippen molar-refractivity contribution in [1.82, 2.24) is 9.13 Å². The third-order valence-electron chi connectivity index (χ3n) is 11.1. The number of unbranched alkanes of at least 4 members (excludes halogenated alkanes) is 1. The molecule has 10 aromatic rings. The van der Waals surface area contributed by atoms with E-state index in [1.807, 2.05) is 0 Å². The average Bonchev–Trinajstić information content (AvgIpc) is 3.76. The van der Waals surface area contributed by atoms with Crippen molar-refractivity contribution in [2.24, 2.45) is 0 Å². The first-order valence-corrected chi connectivity index (χ1v) is 19.2. The summed E-state index contributed by atoms with van der Waals surface area (Å²) in [5.74, 6) is 0. The number of para-hydroxylation sites is 3. The summed E-state index contributed by atoms with van der Waals surface area (Å²) in [7, 11) is 0. The minimum atomic E-state index is 1.15. The molecular formula is C52H40N2. The van der Waals surface area contributed by atoms with Gasteiger partial charge in [0, 0.05) is 32.8 Å². The van der Waals surface area contributed by atoms with Crippen LogP contribution in [0.1, 0.15) is 25.3 Å². The van der Waals surface area contributed by atoms with Crippen LogP contribution in [0, 0.1) is 0 Å². The summed E-state index contributed by atoms with van der Waals surface area (Å²) in [6.07, 6.45) is 3.61. The maximum Gasteiger partial charge on any atom is 0.0549 e. The SMILES string of the molecule is CCCCc1ccc(-c2ccc(-c3cccc(-n4c5ccccc5c5c6c7ccccc7n(-c7ccccc7-c7ccccc7)c6ccc54)c3)cc2)cc1. The van der Waals surface area contributed by atoms with Crippen LogP contribution in [0.25, 0.3) is 88.4 Å². The average molecular weight is 693 g/mol. The number of benzene rings is 8. The van der Waals surface area contributed by atoms with Crippen molar-refractivity contribution in [2.45, 2.75) is 26.2 Å². The highest BCUT2D eigenvalue weighted by Gasteiger charge is 2.21. The fourth-order valence-corrected chi connectivity index (χ4v) is 8.51. The molecule has 10 rings (SSSR count). The number of aromatic nitrogens is 2. The lowest BCUT2D eigenvalue weighted by Crippen LogP contribution is -1.97. The molecule has 258 valence electrons. The summed E-state index contributed by atoms with van der Waals surface area (Å²) in [5.41, 5.74) is 15.9. The van der Waals surface area contributed by atoms with Crippen molar-refractivity contribution in [3.05, 3.63) is 194 Å². The highest BCUT2D eigenvalue weighted by Crippen LogP contribution is 2.43. The van der Waals surface area contributed by atoms with Gasteiger partial charge < -0.3 is 9.13 Å². The van der Waals surface area contributed by atoms with E-state index in [0.717, 1.165) is 12.1 Å². The van der Waals surface area contributed by atoms with Crippen LogP contribution < -0.4 is 0 Å². The Balaban J connectivity index is 1.12. The first-order valence-electron chi connectivity index (χ1n) is 19.2. The van der Waals surface area contributed by atoms with Crippen molar-refractivity contribution in [3.63, 3.8) is 0 Å². The number of hydrogen-bond donors (Lipinski definition) is 0. The van der Waals surface area contributed by atoms with Crippen LogP contribution in [0.3, 0.4) is 0 Å². The molecule has 0 aliphatic rings. The van der Waals surface area contributed by atoms with E-state index in [-0.39, 0.29) is 0 Å². The summed E-state index contributed by atoms with van der Waals surface area (Å²) in [5, 5.41) is 5.08. The fourth-order valence-electron chi connectivity index (χ4n) is 8.51. The Kier molecular flexibility index (Phi) is 7.95. The number of hydrogen-bond acceptors (Lipinski definition) is 0. The molecule has 2 nitrogen and oxygen atoms in total. The minimum Gasteiger partial charge on any atom is -0.309 e. The summed E-state index contributed by atoms with van der Waals surface area (Å²) in [6, 6.07) is 69.1. The largest absolute Gasteiger partial charge is 0.309 e. The Morgan fingerprint density at radius 2 is 0.926 bits per heavy atom. The zero-order valence-electron chi connectivity index (χ0n) is 30.4. The molecule has 0 spiro atoms. The topological polar surface area (TPSA) is 9.86 Å². The smallest absolute Gasteiger partial charge is 0.0549 e. The first-order chi connectivity index (χ1) is 26.8. The lowest BCUT2D eigenvalue weighted by atomic mass is 9.98. The predicted octanol–water partition coefficient (Wildman–Crippen LogP) is 14.2. The van der Waals surface area contributed by atoms with Gasteiger partial charge in [-0.1, -0.05) is 159 Å².